The standard InChI is InChI=1S/C50H35N/c1-4-14-36(15-5-1)37-24-26-41(27-25-37)47-22-12-13-23-50(47)51(43-31-30-42-29-28-40-20-10-11-21-45(40)49(42)34-43)44-32-33-46(38-16-6-2-7-17-38)48(35-44)39-18-8-3-9-19-39/h1-35H. The molecule has 0 heterocycles. The van der Waals surface area contributed by atoms with E-state index < -0.39 is 0 Å². The van der Waals surface area contributed by atoms with Gasteiger partial charge in [-0.1, -0.05) is 182 Å². The summed E-state index contributed by atoms with van der Waals surface area (Å²) in [5, 5.41) is 4.97. The monoisotopic (exact) mass is 649 g/mol. The third-order valence-electron chi connectivity index (χ3n) is 9.87. The lowest BCUT2D eigenvalue weighted by Gasteiger charge is -2.29. The highest BCUT2D eigenvalue weighted by Gasteiger charge is 2.20. The Kier molecular flexibility index (Phi) is 7.92. The van der Waals surface area contributed by atoms with E-state index in [9.17, 15) is 0 Å². The van der Waals surface area contributed by atoms with Gasteiger partial charge in [0.2, 0.25) is 0 Å². The second-order valence-corrected chi connectivity index (χ2v) is 13.0. The van der Waals surface area contributed by atoms with Gasteiger partial charge in [0.25, 0.3) is 0 Å². The minimum Gasteiger partial charge on any atom is -0.310 e. The first-order valence-corrected chi connectivity index (χ1v) is 17.5. The van der Waals surface area contributed by atoms with E-state index in [1.807, 2.05) is 0 Å². The molecular weight excluding hydrogens is 615 g/mol. The predicted octanol–water partition coefficient (Wildman–Crippen LogP) is 14.1. The fourth-order valence-electron chi connectivity index (χ4n) is 7.34. The van der Waals surface area contributed by atoms with Crippen molar-refractivity contribution in [2.24, 2.45) is 0 Å². The molecule has 0 aromatic heterocycles. The van der Waals surface area contributed by atoms with Crippen molar-refractivity contribution in [3.8, 4) is 44.5 Å². The molecule has 0 bridgehead atoms. The first kappa shape index (κ1) is 30.4. The molecule has 0 aliphatic rings. The van der Waals surface area contributed by atoms with Crippen LogP contribution in [-0.4, -0.2) is 0 Å². The van der Waals surface area contributed by atoms with Gasteiger partial charge in [-0.05, 0) is 90.8 Å². The van der Waals surface area contributed by atoms with Crippen molar-refractivity contribution in [3.05, 3.63) is 212 Å². The van der Waals surface area contributed by atoms with Gasteiger partial charge in [0, 0.05) is 16.9 Å². The lowest BCUT2D eigenvalue weighted by Crippen LogP contribution is -2.11. The van der Waals surface area contributed by atoms with Crippen molar-refractivity contribution in [3.63, 3.8) is 0 Å². The van der Waals surface area contributed by atoms with Gasteiger partial charge in [0.1, 0.15) is 0 Å². The second-order valence-electron chi connectivity index (χ2n) is 13.0. The van der Waals surface area contributed by atoms with Crippen LogP contribution in [0.15, 0.2) is 212 Å². The smallest absolute Gasteiger partial charge is 0.0540 e. The van der Waals surface area contributed by atoms with Crippen LogP contribution in [0, 0.1) is 0 Å². The van der Waals surface area contributed by atoms with E-state index in [-0.39, 0.29) is 0 Å². The Hall–Kier alpha value is -6.70. The molecule has 0 spiro atoms. The molecule has 9 aromatic carbocycles. The molecule has 0 aliphatic heterocycles. The van der Waals surface area contributed by atoms with Gasteiger partial charge in [-0.15, -0.1) is 0 Å². The van der Waals surface area contributed by atoms with Gasteiger partial charge >= 0.3 is 0 Å². The predicted molar refractivity (Wildman–Crippen MR) is 218 cm³/mol. The zero-order valence-corrected chi connectivity index (χ0v) is 28.2. The fourth-order valence-corrected chi connectivity index (χ4v) is 7.34. The molecule has 240 valence electrons. The summed E-state index contributed by atoms with van der Waals surface area (Å²) in [6, 6.07) is 76.7. The van der Waals surface area contributed by atoms with Crippen LogP contribution in [0.3, 0.4) is 0 Å². The van der Waals surface area contributed by atoms with Gasteiger partial charge in [0.15, 0.2) is 0 Å². The van der Waals surface area contributed by atoms with E-state index in [0.717, 1.165) is 17.1 Å². The van der Waals surface area contributed by atoms with Gasteiger partial charge in [-0.2, -0.15) is 0 Å². The van der Waals surface area contributed by atoms with Gasteiger partial charge in [-0.3, -0.25) is 0 Å². The normalized spacial score (nSPS) is 11.1. The molecule has 0 unspecified atom stereocenters. The molecular formula is C50H35N. The molecule has 9 aromatic rings. The highest BCUT2D eigenvalue weighted by atomic mass is 15.1. The van der Waals surface area contributed by atoms with Crippen molar-refractivity contribution >= 4 is 38.6 Å². The Labute approximate surface area is 299 Å². The maximum Gasteiger partial charge on any atom is 0.0540 e. The van der Waals surface area contributed by atoms with Crippen LogP contribution in [0.4, 0.5) is 17.1 Å². The zero-order chi connectivity index (χ0) is 34.0. The summed E-state index contributed by atoms with van der Waals surface area (Å²) in [5.74, 6) is 0. The van der Waals surface area contributed by atoms with Crippen LogP contribution in [0.5, 0.6) is 0 Å². The molecule has 51 heavy (non-hydrogen) atoms. The van der Waals surface area contributed by atoms with Crippen molar-refractivity contribution in [2.75, 3.05) is 4.90 Å². The maximum atomic E-state index is 2.43. The van der Waals surface area contributed by atoms with E-state index in [1.54, 1.807) is 0 Å². The summed E-state index contributed by atoms with van der Waals surface area (Å²) in [6.45, 7) is 0. The van der Waals surface area contributed by atoms with Crippen LogP contribution in [0.1, 0.15) is 0 Å². The number of fused-ring (bicyclic) bond motifs is 3. The number of benzene rings is 9. The van der Waals surface area contributed by atoms with Crippen LogP contribution >= 0.6 is 0 Å². The summed E-state index contributed by atoms with van der Waals surface area (Å²) in [7, 11) is 0. The number of hydrogen-bond acceptors (Lipinski definition) is 1. The topological polar surface area (TPSA) is 3.24 Å². The van der Waals surface area contributed by atoms with Gasteiger partial charge in [0.05, 0.1) is 5.69 Å². The molecule has 0 atom stereocenters. The highest BCUT2D eigenvalue weighted by molar-refractivity contribution is 6.09. The molecule has 0 saturated heterocycles. The van der Waals surface area contributed by atoms with E-state index in [1.165, 1.54) is 66.1 Å². The molecule has 9 rings (SSSR count). The SMILES string of the molecule is c1ccc(-c2ccc(-c3ccccc3N(c3ccc(-c4ccccc4)c(-c4ccccc4)c3)c3ccc4ccc5ccccc5c4c3)cc2)cc1. The first-order valence-electron chi connectivity index (χ1n) is 17.5. The largest absolute Gasteiger partial charge is 0.310 e. The first-order chi connectivity index (χ1) is 25.3. The molecule has 1 nitrogen and oxygen atoms in total. The Bertz CT molecular complexity index is 2610. The zero-order valence-electron chi connectivity index (χ0n) is 28.2. The Morgan fingerprint density at radius 1 is 0.255 bits per heavy atom. The number of hydrogen-bond donors (Lipinski definition) is 0. The number of anilines is 3. The molecule has 0 saturated carbocycles. The molecule has 0 aliphatic carbocycles. The minimum absolute atomic E-state index is 1.10. The summed E-state index contributed by atoms with van der Waals surface area (Å²) < 4.78 is 0. The molecule has 0 N–H and O–H groups in total. The van der Waals surface area contributed by atoms with Crippen molar-refractivity contribution < 1.29 is 0 Å². The molecule has 0 radical (unpaired) electrons. The number of rotatable bonds is 7. The Morgan fingerprint density at radius 3 is 1.45 bits per heavy atom. The quantitative estimate of drug-likeness (QED) is 0.155. The van der Waals surface area contributed by atoms with Crippen LogP contribution in [0.2, 0.25) is 0 Å². The molecule has 0 amide bonds. The second kappa shape index (κ2) is 13.3. The summed E-state index contributed by atoms with van der Waals surface area (Å²) in [5.41, 5.74) is 12.9. The Morgan fingerprint density at radius 2 is 0.725 bits per heavy atom. The third-order valence-corrected chi connectivity index (χ3v) is 9.87. The Balaban J connectivity index is 1.27. The lowest BCUT2D eigenvalue weighted by atomic mass is 9.93. The molecule has 1 heteroatoms. The van der Waals surface area contributed by atoms with E-state index in [0.29, 0.717) is 0 Å². The van der Waals surface area contributed by atoms with E-state index in [2.05, 4.69) is 217 Å². The van der Waals surface area contributed by atoms with Crippen molar-refractivity contribution in [1.29, 1.82) is 0 Å². The van der Waals surface area contributed by atoms with Crippen molar-refractivity contribution in [2.45, 2.75) is 0 Å². The van der Waals surface area contributed by atoms with Gasteiger partial charge in [-0.25, -0.2) is 0 Å². The number of nitrogens with zero attached hydrogens (tertiary/aromatic N) is 1. The minimum atomic E-state index is 1.10. The van der Waals surface area contributed by atoms with E-state index in [4.69, 9.17) is 0 Å². The lowest BCUT2D eigenvalue weighted by molar-refractivity contribution is 1.29. The van der Waals surface area contributed by atoms with Gasteiger partial charge < -0.3 is 4.90 Å². The third kappa shape index (κ3) is 5.86. The average Bonchev–Trinajstić information content (AvgIpc) is 3.22. The van der Waals surface area contributed by atoms with Crippen molar-refractivity contribution in [1.82, 2.24) is 0 Å². The van der Waals surface area contributed by atoms with Crippen LogP contribution < -0.4 is 4.90 Å². The molecule has 0 fully saturated rings. The summed E-state index contributed by atoms with van der Waals surface area (Å²) in [6.07, 6.45) is 0. The van der Waals surface area contributed by atoms with Crippen LogP contribution in [0.25, 0.3) is 66.1 Å². The number of para-hydroxylation sites is 1. The van der Waals surface area contributed by atoms with Crippen LogP contribution in [-0.2, 0) is 0 Å². The maximum absolute atomic E-state index is 2.43. The average molecular weight is 650 g/mol. The fraction of sp³-hybridized carbons (Fsp3) is 0. The van der Waals surface area contributed by atoms with E-state index >= 15 is 0 Å². The summed E-state index contributed by atoms with van der Waals surface area (Å²) >= 11 is 0. The summed E-state index contributed by atoms with van der Waals surface area (Å²) in [4.78, 5) is 2.43. The highest BCUT2D eigenvalue weighted by Crippen LogP contribution is 2.45.